The Kier molecular flexibility index (Phi) is 9.37. The molecule has 230 valence electrons. The predicted molar refractivity (Wildman–Crippen MR) is 149 cm³/mol. The second-order valence-electron chi connectivity index (χ2n) is 11.6. The minimum Gasteiger partial charge on any atom is -0.491 e. The SMILES string of the molecule is CCOc1ccc(C2CCC(c3ccc(C(=O)OC4CCC(c5ccc(C)c(F)c5F)CC4)c(F)c3F)CC2)c(F)c1F. The van der Waals surface area contributed by atoms with Gasteiger partial charge in [0.2, 0.25) is 5.82 Å². The predicted octanol–water partition coefficient (Wildman–Crippen LogP) is 9.55. The van der Waals surface area contributed by atoms with E-state index in [0.29, 0.717) is 56.9 Å². The Hall–Kier alpha value is -3.49. The second kappa shape index (κ2) is 13.0. The number of carbonyl (C=O) groups is 1. The summed E-state index contributed by atoms with van der Waals surface area (Å²) in [6, 6.07) is 8.65. The number of benzene rings is 3. The van der Waals surface area contributed by atoms with Gasteiger partial charge >= 0.3 is 5.97 Å². The molecular formula is C34H34F6O3. The first-order chi connectivity index (χ1) is 20.6. The highest BCUT2D eigenvalue weighted by Gasteiger charge is 2.32. The van der Waals surface area contributed by atoms with Crippen LogP contribution in [0.3, 0.4) is 0 Å². The molecule has 0 amide bonds. The van der Waals surface area contributed by atoms with Crippen molar-refractivity contribution in [2.75, 3.05) is 6.61 Å². The zero-order valence-electron chi connectivity index (χ0n) is 24.1. The molecule has 0 aromatic heterocycles. The molecule has 43 heavy (non-hydrogen) atoms. The third-order valence-corrected chi connectivity index (χ3v) is 9.01. The largest absolute Gasteiger partial charge is 0.491 e. The van der Waals surface area contributed by atoms with Gasteiger partial charge in [0.1, 0.15) is 6.10 Å². The van der Waals surface area contributed by atoms with Crippen molar-refractivity contribution in [1.29, 1.82) is 0 Å². The van der Waals surface area contributed by atoms with Gasteiger partial charge in [-0.05, 0) is 117 Å². The number of rotatable bonds is 7. The number of hydrogen-bond acceptors (Lipinski definition) is 3. The molecule has 0 atom stereocenters. The molecule has 2 saturated carbocycles. The number of esters is 1. The van der Waals surface area contributed by atoms with Crippen LogP contribution in [0.4, 0.5) is 26.3 Å². The number of ether oxygens (including phenoxy) is 2. The molecule has 9 heteroatoms. The standard InChI is InChI=1S/C34H34F6O3/c1-3-42-27-17-16-25(31(38)33(27)40)20-7-5-19(6-8-20)24-14-15-26(32(39)30(24)37)34(41)43-22-11-9-21(10-12-22)23-13-4-18(2)28(35)29(23)36/h4,13-17,19-22H,3,5-12H2,1-2H3. The van der Waals surface area contributed by atoms with Crippen LogP contribution in [-0.2, 0) is 4.74 Å². The van der Waals surface area contributed by atoms with Crippen LogP contribution in [0.5, 0.6) is 5.75 Å². The number of hydrogen-bond donors (Lipinski definition) is 0. The van der Waals surface area contributed by atoms with Crippen LogP contribution in [0.1, 0.15) is 109 Å². The van der Waals surface area contributed by atoms with Crippen LogP contribution in [-0.4, -0.2) is 18.7 Å². The lowest BCUT2D eigenvalue weighted by atomic mass is 9.75. The van der Waals surface area contributed by atoms with E-state index in [1.165, 1.54) is 37.3 Å². The van der Waals surface area contributed by atoms with E-state index in [1.807, 2.05) is 0 Å². The third-order valence-electron chi connectivity index (χ3n) is 9.01. The van der Waals surface area contributed by atoms with E-state index in [0.717, 1.165) is 0 Å². The maximum Gasteiger partial charge on any atom is 0.341 e. The van der Waals surface area contributed by atoms with Crippen molar-refractivity contribution >= 4 is 5.97 Å². The van der Waals surface area contributed by atoms with E-state index in [4.69, 9.17) is 9.47 Å². The van der Waals surface area contributed by atoms with Crippen LogP contribution in [0.2, 0.25) is 0 Å². The molecule has 0 heterocycles. The summed E-state index contributed by atoms with van der Waals surface area (Å²) in [5.41, 5.74) is 0.402. The van der Waals surface area contributed by atoms with E-state index in [2.05, 4.69) is 0 Å². The van der Waals surface area contributed by atoms with Crippen LogP contribution < -0.4 is 4.74 Å². The Labute approximate surface area is 247 Å². The zero-order valence-corrected chi connectivity index (χ0v) is 24.1. The van der Waals surface area contributed by atoms with E-state index < -0.39 is 52.5 Å². The topological polar surface area (TPSA) is 35.5 Å². The Bertz CT molecular complexity index is 1490. The van der Waals surface area contributed by atoms with Gasteiger partial charge in [0.05, 0.1) is 12.2 Å². The molecule has 0 saturated heterocycles. The van der Waals surface area contributed by atoms with Gasteiger partial charge in [-0.25, -0.2) is 26.7 Å². The lowest BCUT2D eigenvalue weighted by molar-refractivity contribution is 0.0188. The minimum absolute atomic E-state index is 0.138. The molecule has 0 spiro atoms. The fraction of sp³-hybridized carbons (Fsp3) is 0.441. The van der Waals surface area contributed by atoms with Crippen molar-refractivity contribution < 1.29 is 40.6 Å². The van der Waals surface area contributed by atoms with Crippen molar-refractivity contribution in [3.8, 4) is 5.75 Å². The molecule has 2 fully saturated rings. The number of carbonyl (C=O) groups excluding carboxylic acids is 1. The van der Waals surface area contributed by atoms with Gasteiger partial charge in [-0.2, -0.15) is 4.39 Å². The van der Waals surface area contributed by atoms with Gasteiger partial charge in [-0.1, -0.05) is 24.3 Å². The molecule has 5 rings (SSSR count). The van der Waals surface area contributed by atoms with Crippen LogP contribution in [0, 0.1) is 41.8 Å². The summed E-state index contributed by atoms with van der Waals surface area (Å²) in [4.78, 5) is 12.8. The van der Waals surface area contributed by atoms with Crippen molar-refractivity contribution in [3.63, 3.8) is 0 Å². The van der Waals surface area contributed by atoms with Gasteiger partial charge in [-0.15, -0.1) is 0 Å². The Morgan fingerprint density at radius 3 is 1.65 bits per heavy atom. The van der Waals surface area contributed by atoms with Gasteiger partial charge in [0.15, 0.2) is 34.8 Å². The lowest BCUT2D eigenvalue weighted by Crippen LogP contribution is -2.25. The van der Waals surface area contributed by atoms with E-state index in [9.17, 15) is 22.4 Å². The fourth-order valence-electron chi connectivity index (χ4n) is 6.56. The molecule has 0 bridgehead atoms. The van der Waals surface area contributed by atoms with Crippen molar-refractivity contribution in [3.05, 3.63) is 99.1 Å². The van der Waals surface area contributed by atoms with E-state index in [-0.39, 0.29) is 46.8 Å². The quantitative estimate of drug-likeness (QED) is 0.199. The summed E-state index contributed by atoms with van der Waals surface area (Å²) < 4.78 is 98.4. The Morgan fingerprint density at radius 2 is 1.09 bits per heavy atom. The molecule has 0 aliphatic heterocycles. The first kappa shape index (κ1) is 31.0. The van der Waals surface area contributed by atoms with Gasteiger partial charge in [-0.3, -0.25) is 0 Å². The molecular weight excluding hydrogens is 570 g/mol. The third kappa shape index (κ3) is 6.27. The molecule has 0 radical (unpaired) electrons. The van der Waals surface area contributed by atoms with E-state index in [1.54, 1.807) is 13.0 Å². The molecule has 2 aliphatic carbocycles. The maximum atomic E-state index is 15.2. The minimum atomic E-state index is -1.28. The molecule has 0 N–H and O–H groups in total. The van der Waals surface area contributed by atoms with Crippen LogP contribution >= 0.6 is 0 Å². The Morgan fingerprint density at radius 1 is 0.628 bits per heavy atom. The number of aryl methyl sites for hydroxylation is 1. The maximum absolute atomic E-state index is 15.2. The molecule has 2 aliphatic rings. The van der Waals surface area contributed by atoms with Crippen LogP contribution in [0.25, 0.3) is 0 Å². The summed E-state index contributed by atoms with van der Waals surface area (Å²) >= 11 is 0. The highest BCUT2D eigenvalue weighted by atomic mass is 19.2. The monoisotopic (exact) mass is 604 g/mol. The van der Waals surface area contributed by atoms with Gasteiger partial charge in [0, 0.05) is 0 Å². The smallest absolute Gasteiger partial charge is 0.341 e. The molecule has 3 aromatic carbocycles. The van der Waals surface area contributed by atoms with E-state index >= 15 is 8.78 Å². The first-order valence-corrected chi connectivity index (χ1v) is 14.8. The average Bonchev–Trinajstić information content (AvgIpc) is 3.00. The second-order valence-corrected chi connectivity index (χ2v) is 11.6. The van der Waals surface area contributed by atoms with Crippen LogP contribution in [0.15, 0.2) is 36.4 Å². The van der Waals surface area contributed by atoms with Crippen molar-refractivity contribution in [2.24, 2.45) is 0 Å². The normalized spacial score (nSPS) is 22.3. The summed E-state index contributed by atoms with van der Waals surface area (Å²) in [6.07, 6.45) is 2.94. The Balaban J connectivity index is 1.19. The summed E-state index contributed by atoms with van der Waals surface area (Å²) in [6.45, 7) is 3.38. The fourth-order valence-corrected chi connectivity index (χ4v) is 6.56. The zero-order chi connectivity index (χ0) is 30.8. The van der Waals surface area contributed by atoms with Crippen molar-refractivity contribution in [1.82, 2.24) is 0 Å². The van der Waals surface area contributed by atoms with Gasteiger partial charge < -0.3 is 9.47 Å². The summed E-state index contributed by atoms with van der Waals surface area (Å²) in [5.74, 6) is -8.04. The molecule has 3 nitrogen and oxygen atoms in total. The molecule has 0 unspecified atom stereocenters. The van der Waals surface area contributed by atoms with Crippen molar-refractivity contribution in [2.45, 2.75) is 89.1 Å². The lowest BCUT2D eigenvalue weighted by Gasteiger charge is -2.30. The number of halogens is 6. The average molecular weight is 605 g/mol. The summed E-state index contributed by atoms with van der Waals surface area (Å²) in [5, 5.41) is 0. The van der Waals surface area contributed by atoms with Gasteiger partial charge in [0.25, 0.3) is 0 Å². The highest BCUT2D eigenvalue weighted by molar-refractivity contribution is 5.90. The molecule has 3 aromatic rings. The summed E-state index contributed by atoms with van der Waals surface area (Å²) in [7, 11) is 0. The highest BCUT2D eigenvalue weighted by Crippen LogP contribution is 2.43. The first-order valence-electron chi connectivity index (χ1n) is 14.8.